The first kappa shape index (κ1) is 13.9. The largest absolute Gasteiger partial charge is 0.483 e. The minimum absolute atomic E-state index is 0.151. The van der Waals surface area contributed by atoms with Crippen molar-refractivity contribution in [1.29, 1.82) is 0 Å². The van der Waals surface area contributed by atoms with Crippen molar-refractivity contribution in [2.24, 2.45) is 5.73 Å². The summed E-state index contributed by atoms with van der Waals surface area (Å²) in [6, 6.07) is 9.74. The van der Waals surface area contributed by atoms with E-state index in [0.29, 0.717) is 6.54 Å². The van der Waals surface area contributed by atoms with Crippen LogP contribution in [0.3, 0.4) is 0 Å². The van der Waals surface area contributed by atoms with Crippen LogP contribution in [0, 0.1) is 6.92 Å². The molecule has 2 nitrogen and oxygen atoms in total. The molecule has 1 aromatic carbocycles. The lowest BCUT2D eigenvalue weighted by Crippen LogP contribution is -2.17. The highest BCUT2D eigenvalue weighted by atomic mass is 79.9. The quantitative estimate of drug-likeness (QED) is 0.881. The molecule has 0 aliphatic carbocycles. The Bertz CT molecular complexity index is 544. The molecule has 0 saturated carbocycles. The Kier molecular flexibility index (Phi) is 4.67. The zero-order valence-electron chi connectivity index (χ0n) is 9.82. The molecular weight excluding hydrogens is 334 g/mol. The van der Waals surface area contributed by atoms with Gasteiger partial charge in [-0.1, -0.05) is 27.5 Å². The molecule has 0 spiro atoms. The van der Waals surface area contributed by atoms with Crippen molar-refractivity contribution in [3.05, 3.63) is 49.6 Å². The maximum absolute atomic E-state index is 5.95. The van der Waals surface area contributed by atoms with Crippen molar-refractivity contribution < 1.29 is 4.74 Å². The van der Waals surface area contributed by atoms with Gasteiger partial charge >= 0.3 is 0 Å². The predicted octanol–water partition coefficient (Wildman–Crippen LogP) is 4.55. The van der Waals surface area contributed by atoms with Crippen LogP contribution >= 0.6 is 38.9 Å². The molecule has 1 unspecified atom stereocenters. The number of aryl methyl sites for hydroxylation is 1. The summed E-state index contributed by atoms with van der Waals surface area (Å²) in [7, 11) is 0. The lowest BCUT2D eigenvalue weighted by Gasteiger charge is -2.17. The summed E-state index contributed by atoms with van der Waals surface area (Å²) in [5.74, 6) is 0.846. The van der Waals surface area contributed by atoms with Gasteiger partial charge in [0, 0.05) is 15.9 Å². The zero-order valence-corrected chi connectivity index (χ0v) is 13.0. The highest BCUT2D eigenvalue weighted by Gasteiger charge is 2.15. The third-order valence-corrected chi connectivity index (χ3v) is 4.35. The second kappa shape index (κ2) is 6.06. The Morgan fingerprint density at radius 3 is 2.72 bits per heavy atom. The van der Waals surface area contributed by atoms with Gasteiger partial charge in [-0.3, -0.25) is 0 Å². The van der Waals surface area contributed by atoms with E-state index in [9.17, 15) is 0 Å². The highest BCUT2D eigenvalue weighted by Crippen LogP contribution is 2.31. The van der Waals surface area contributed by atoms with Crippen LogP contribution in [0.15, 0.2) is 34.8 Å². The maximum atomic E-state index is 5.95. The molecule has 2 aromatic rings. The van der Waals surface area contributed by atoms with Crippen LogP contribution in [-0.4, -0.2) is 6.54 Å². The smallest absolute Gasteiger partial charge is 0.145 e. The van der Waals surface area contributed by atoms with Gasteiger partial charge in [0.05, 0.1) is 4.34 Å². The molecule has 96 valence electrons. The second-order valence-electron chi connectivity index (χ2n) is 3.89. The molecule has 5 heteroatoms. The van der Waals surface area contributed by atoms with E-state index in [4.69, 9.17) is 22.1 Å². The number of rotatable bonds is 4. The van der Waals surface area contributed by atoms with Crippen molar-refractivity contribution in [2.45, 2.75) is 13.0 Å². The second-order valence-corrected chi connectivity index (χ2v) is 6.56. The van der Waals surface area contributed by atoms with Crippen LogP contribution in [0.2, 0.25) is 4.34 Å². The first-order valence-electron chi connectivity index (χ1n) is 5.48. The van der Waals surface area contributed by atoms with Gasteiger partial charge in [-0.2, -0.15) is 0 Å². The minimum Gasteiger partial charge on any atom is -0.483 e. The van der Waals surface area contributed by atoms with Crippen LogP contribution in [0.5, 0.6) is 5.75 Å². The first-order chi connectivity index (χ1) is 8.60. The van der Waals surface area contributed by atoms with Gasteiger partial charge < -0.3 is 10.5 Å². The summed E-state index contributed by atoms with van der Waals surface area (Å²) in [5, 5.41) is 0. The van der Waals surface area contributed by atoms with Crippen molar-refractivity contribution in [3.8, 4) is 5.75 Å². The van der Waals surface area contributed by atoms with Gasteiger partial charge in [0.15, 0.2) is 0 Å². The summed E-state index contributed by atoms with van der Waals surface area (Å²) in [6.07, 6.45) is -0.151. The summed E-state index contributed by atoms with van der Waals surface area (Å²) < 4.78 is 7.74. The average Bonchev–Trinajstić information content (AvgIpc) is 2.75. The summed E-state index contributed by atoms with van der Waals surface area (Å²) in [6.45, 7) is 2.43. The number of benzene rings is 1. The zero-order chi connectivity index (χ0) is 13.1. The maximum Gasteiger partial charge on any atom is 0.145 e. The van der Waals surface area contributed by atoms with Gasteiger partial charge in [-0.05, 0) is 42.8 Å². The standard InChI is InChI=1S/C13H13BrClNOS/c1-8-6-9(14)2-3-10(8)17-11(7-16)12-4-5-13(15)18-12/h2-6,11H,7,16H2,1H3. The molecular formula is C13H13BrClNOS. The number of halogens is 2. The highest BCUT2D eigenvalue weighted by molar-refractivity contribution is 9.10. The molecule has 2 N–H and O–H groups in total. The molecule has 0 bridgehead atoms. The summed E-state index contributed by atoms with van der Waals surface area (Å²) in [5.41, 5.74) is 6.85. The molecule has 18 heavy (non-hydrogen) atoms. The minimum atomic E-state index is -0.151. The number of ether oxygens (including phenoxy) is 1. The lowest BCUT2D eigenvalue weighted by molar-refractivity contribution is 0.216. The fraction of sp³-hybridized carbons (Fsp3) is 0.231. The van der Waals surface area contributed by atoms with Crippen LogP contribution in [0.25, 0.3) is 0 Å². The van der Waals surface area contributed by atoms with Gasteiger partial charge in [-0.15, -0.1) is 11.3 Å². The fourth-order valence-corrected chi connectivity index (χ4v) is 3.20. The Morgan fingerprint density at radius 1 is 1.39 bits per heavy atom. The number of hydrogen-bond acceptors (Lipinski definition) is 3. The fourth-order valence-electron chi connectivity index (χ4n) is 1.62. The average molecular weight is 347 g/mol. The lowest BCUT2D eigenvalue weighted by atomic mass is 10.2. The van der Waals surface area contributed by atoms with E-state index >= 15 is 0 Å². The number of hydrogen-bond donors (Lipinski definition) is 1. The van der Waals surface area contributed by atoms with E-state index in [1.807, 2.05) is 37.3 Å². The van der Waals surface area contributed by atoms with Crippen LogP contribution in [0.4, 0.5) is 0 Å². The Balaban J connectivity index is 2.20. The summed E-state index contributed by atoms with van der Waals surface area (Å²) >= 11 is 10.9. The number of thiophene rings is 1. The third-order valence-electron chi connectivity index (χ3n) is 2.53. The Hall–Kier alpha value is -0.550. The van der Waals surface area contributed by atoms with E-state index in [2.05, 4.69) is 15.9 Å². The predicted molar refractivity (Wildman–Crippen MR) is 80.6 cm³/mol. The van der Waals surface area contributed by atoms with E-state index in [0.717, 1.165) is 25.0 Å². The normalized spacial score (nSPS) is 12.4. The SMILES string of the molecule is Cc1cc(Br)ccc1OC(CN)c1ccc(Cl)s1. The van der Waals surface area contributed by atoms with Crippen LogP contribution in [0.1, 0.15) is 16.5 Å². The van der Waals surface area contributed by atoms with Crippen LogP contribution in [-0.2, 0) is 0 Å². The van der Waals surface area contributed by atoms with Crippen molar-refractivity contribution in [1.82, 2.24) is 0 Å². The van der Waals surface area contributed by atoms with E-state index in [-0.39, 0.29) is 6.10 Å². The van der Waals surface area contributed by atoms with E-state index in [1.54, 1.807) is 0 Å². The molecule has 0 aliphatic rings. The Labute approximate surface area is 124 Å². The molecule has 0 saturated heterocycles. The molecule has 0 radical (unpaired) electrons. The summed E-state index contributed by atoms with van der Waals surface area (Å²) in [4.78, 5) is 1.05. The topological polar surface area (TPSA) is 35.2 Å². The molecule has 0 aliphatic heterocycles. The van der Waals surface area contributed by atoms with Crippen molar-refractivity contribution in [2.75, 3.05) is 6.54 Å². The van der Waals surface area contributed by atoms with Gasteiger partial charge in [0.2, 0.25) is 0 Å². The molecule has 0 fully saturated rings. The van der Waals surface area contributed by atoms with Gasteiger partial charge in [0.25, 0.3) is 0 Å². The van der Waals surface area contributed by atoms with Crippen LogP contribution < -0.4 is 10.5 Å². The van der Waals surface area contributed by atoms with E-state index in [1.165, 1.54) is 11.3 Å². The van der Waals surface area contributed by atoms with Gasteiger partial charge in [-0.25, -0.2) is 0 Å². The van der Waals surface area contributed by atoms with E-state index < -0.39 is 0 Å². The molecule has 2 rings (SSSR count). The molecule has 1 atom stereocenters. The molecule has 0 amide bonds. The third kappa shape index (κ3) is 3.26. The molecule has 1 aromatic heterocycles. The number of nitrogens with two attached hydrogens (primary N) is 1. The van der Waals surface area contributed by atoms with Gasteiger partial charge in [0.1, 0.15) is 11.9 Å². The van der Waals surface area contributed by atoms with Crippen molar-refractivity contribution >= 4 is 38.9 Å². The Morgan fingerprint density at radius 2 is 2.17 bits per heavy atom. The van der Waals surface area contributed by atoms with Crippen molar-refractivity contribution in [3.63, 3.8) is 0 Å². The monoisotopic (exact) mass is 345 g/mol. The molecule has 1 heterocycles. The first-order valence-corrected chi connectivity index (χ1v) is 7.47.